The summed E-state index contributed by atoms with van der Waals surface area (Å²) in [6, 6.07) is -0.960. The van der Waals surface area contributed by atoms with Crippen LogP contribution in [0.15, 0.2) is 0 Å². The number of carbonyl (C=O) groups excluding carboxylic acids is 1. The van der Waals surface area contributed by atoms with E-state index in [1.54, 1.807) is 4.90 Å². The lowest BCUT2D eigenvalue weighted by Crippen LogP contribution is -2.56. The van der Waals surface area contributed by atoms with E-state index in [0.717, 1.165) is 0 Å². The molecule has 2 saturated heterocycles. The maximum absolute atomic E-state index is 12.5. The summed E-state index contributed by atoms with van der Waals surface area (Å²) in [5.41, 5.74) is -0.312. The Bertz CT molecular complexity index is 523. The highest BCUT2D eigenvalue weighted by molar-refractivity contribution is 6.11. The van der Waals surface area contributed by atoms with Crippen molar-refractivity contribution in [3.05, 3.63) is 0 Å². The molecule has 2 fully saturated rings. The molecule has 4 radical (unpaired) electrons. The lowest BCUT2D eigenvalue weighted by Gasteiger charge is -2.44. The third kappa shape index (κ3) is 7.58. The number of hydrogen-bond acceptors (Lipinski definition) is 6. The predicted molar refractivity (Wildman–Crippen MR) is 109 cm³/mol. The van der Waals surface area contributed by atoms with Gasteiger partial charge >= 0.3 is 6.09 Å². The van der Waals surface area contributed by atoms with Crippen molar-refractivity contribution in [2.75, 3.05) is 39.4 Å². The zero-order chi connectivity index (χ0) is 21.1. The van der Waals surface area contributed by atoms with Gasteiger partial charge in [0.05, 0.1) is 24.9 Å². The molecule has 0 spiro atoms. The molecule has 0 saturated carbocycles. The Kier molecular flexibility index (Phi) is 7.87. The molecule has 9 heteroatoms. The smallest absolute Gasteiger partial charge is 0.410 e. The first-order chi connectivity index (χ1) is 12.8. The standard InChI is InChI=1S/C19H34B2N2O5/c1-18(2,3)23-8-14(28-16(21)10-23)11-25-17(24)22-7-13(27-15(20)9-22)12-26-19(4,5)6/h13-16H,7-12H2,1-6H3/t13?,14?,15-,16-/m1/s1. The molecule has 2 unspecified atom stereocenters. The molecule has 2 aliphatic rings. The van der Waals surface area contributed by atoms with Gasteiger partial charge in [0.1, 0.15) is 28.4 Å². The second kappa shape index (κ2) is 9.37. The van der Waals surface area contributed by atoms with Gasteiger partial charge in [0.15, 0.2) is 0 Å². The van der Waals surface area contributed by atoms with Crippen LogP contribution >= 0.6 is 0 Å². The summed E-state index contributed by atoms with van der Waals surface area (Å²) in [4.78, 5) is 16.3. The van der Waals surface area contributed by atoms with Crippen LogP contribution in [0.5, 0.6) is 0 Å². The summed E-state index contributed by atoms with van der Waals surface area (Å²) in [6.45, 7) is 14.8. The fourth-order valence-electron chi connectivity index (χ4n) is 3.22. The van der Waals surface area contributed by atoms with Gasteiger partial charge in [-0.3, -0.25) is 4.90 Å². The van der Waals surface area contributed by atoms with E-state index >= 15 is 0 Å². The van der Waals surface area contributed by atoms with E-state index in [1.165, 1.54) is 0 Å². The SMILES string of the molecule is [B][C@H]1CN(C(=O)OCC2CN(C(C)(C)C)C[C@H]([B])O2)CC(COC(C)(C)C)O1. The number of morpholine rings is 2. The van der Waals surface area contributed by atoms with Crippen LogP contribution in [0, 0.1) is 0 Å². The maximum atomic E-state index is 12.5. The van der Waals surface area contributed by atoms with Gasteiger partial charge < -0.3 is 23.8 Å². The fourth-order valence-corrected chi connectivity index (χ4v) is 3.22. The Balaban J connectivity index is 1.84. The number of rotatable bonds is 4. The van der Waals surface area contributed by atoms with E-state index in [4.69, 9.17) is 34.6 Å². The molecule has 0 N–H and O–H groups in total. The zero-order valence-corrected chi connectivity index (χ0v) is 18.1. The van der Waals surface area contributed by atoms with E-state index in [0.29, 0.717) is 26.2 Å². The molecule has 4 atom stereocenters. The van der Waals surface area contributed by atoms with Crippen LogP contribution < -0.4 is 0 Å². The average molecular weight is 392 g/mol. The van der Waals surface area contributed by atoms with Crippen LogP contribution in [0.3, 0.4) is 0 Å². The first-order valence-corrected chi connectivity index (χ1v) is 9.96. The van der Waals surface area contributed by atoms with E-state index in [1.807, 2.05) is 20.8 Å². The molecule has 1 amide bonds. The van der Waals surface area contributed by atoms with Gasteiger partial charge in [-0.2, -0.15) is 0 Å². The van der Waals surface area contributed by atoms with Crippen LogP contribution in [0.2, 0.25) is 0 Å². The Hall–Kier alpha value is -0.760. The van der Waals surface area contributed by atoms with Crippen molar-refractivity contribution in [1.29, 1.82) is 0 Å². The molecule has 0 bridgehead atoms. The number of carbonyl (C=O) groups is 1. The second-order valence-corrected chi connectivity index (χ2v) is 9.57. The monoisotopic (exact) mass is 392 g/mol. The van der Waals surface area contributed by atoms with E-state index < -0.39 is 18.1 Å². The average Bonchev–Trinajstić information content (AvgIpc) is 2.55. The van der Waals surface area contributed by atoms with Gasteiger partial charge in [-0.25, -0.2) is 4.79 Å². The molecule has 2 rings (SSSR count). The highest BCUT2D eigenvalue weighted by Gasteiger charge is 2.34. The normalized spacial score (nSPS) is 30.3. The number of nitrogens with zero attached hydrogens (tertiary/aromatic N) is 2. The summed E-state index contributed by atoms with van der Waals surface area (Å²) in [5, 5.41) is 0. The lowest BCUT2D eigenvalue weighted by molar-refractivity contribution is -0.116. The Labute approximate surface area is 172 Å². The summed E-state index contributed by atoms with van der Waals surface area (Å²) in [5.74, 6) is 0. The maximum Gasteiger partial charge on any atom is 0.410 e. The van der Waals surface area contributed by atoms with Crippen LogP contribution in [-0.4, -0.2) is 106 Å². The topological polar surface area (TPSA) is 60.5 Å². The van der Waals surface area contributed by atoms with Crippen LogP contribution in [0.25, 0.3) is 0 Å². The minimum Gasteiger partial charge on any atom is -0.447 e. The molecule has 0 aromatic carbocycles. The van der Waals surface area contributed by atoms with Crippen LogP contribution in [0.4, 0.5) is 4.79 Å². The second-order valence-electron chi connectivity index (χ2n) is 9.57. The summed E-state index contributed by atoms with van der Waals surface area (Å²) in [7, 11) is 11.9. The van der Waals surface area contributed by atoms with E-state index in [-0.39, 0.29) is 36.5 Å². The third-order valence-electron chi connectivity index (χ3n) is 4.69. The van der Waals surface area contributed by atoms with Gasteiger partial charge in [0.2, 0.25) is 0 Å². The number of hydrogen-bond donors (Lipinski definition) is 0. The van der Waals surface area contributed by atoms with Crippen molar-refractivity contribution in [3.8, 4) is 0 Å². The molecule has 0 aromatic heterocycles. The molecular weight excluding hydrogens is 358 g/mol. The fraction of sp³-hybridized carbons (Fsp3) is 0.947. The lowest BCUT2D eigenvalue weighted by atomic mass is 9.94. The van der Waals surface area contributed by atoms with Gasteiger partial charge in [-0.15, -0.1) is 0 Å². The highest BCUT2D eigenvalue weighted by atomic mass is 16.6. The Morgan fingerprint density at radius 2 is 1.50 bits per heavy atom. The number of ether oxygens (including phenoxy) is 4. The van der Waals surface area contributed by atoms with E-state index in [2.05, 4.69) is 25.7 Å². The van der Waals surface area contributed by atoms with Crippen LogP contribution in [-0.2, 0) is 18.9 Å². The van der Waals surface area contributed by atoms with Crippen molar-refractivity contribution >= 4 is 21.8 Å². The third-order valence-corrected chi connectivity index (χ3v) is 4.69. The van der Waals surface area contributed by atoms with Gasteiger partial charge in [0, 0.05) is 37.2 Å². The van der Waals surface area contributed by atoms with Crippen molar-refractivity contribution < 1.29 is 23.7 Å². The Morgan fingerprint density at radius 1 is 0.929 bits per heavy atom. The first-order valence-electron chi connectivity index (χ1n) is 9.96. The highest BCUT2D eigenvalue weighted by Crippen LogP contribution is 2.20. The quantitative estimate of drug-likeness (QED) is 0.669. The Morgan fingerprint density at radius 3 is 2.07 bits per heavy atom. The zero-order valence-electron chi connectivity index (χ0n) is 18.1. The molecule has 7 nitrogen and oxygen atoms in total. The largest absolute Gasteiger partial charge is 0.447 e. The minimum atomic E-state index is -0.564. The molecular formula is C19H34B2N2O5. The first kappa shape index (κ1) is 23.5. The van der Waals surface area contributed by atoms with E-state index in [9.17, 15) is 4.79 Å². The molecule has 0 aliphatic carbocycles. The minimum absolute atomic E-state index is 0.0269. The van der Waals surface area contributed by atoms with Crippen molar-refractivity contribution in [1.82, 2.24) is 9.80 Å². The molecule has 28 heavy (non-hydrogen) atoms. The van der Waals surface area contributed by atoms with Gasteiger partial charge in [-0.05, 0) is 41.5 Å². The summed E-state index contributed by atoms with van der Waals surface area (Å²) >= 11 is 0. The summed E-state index contributed by atoms with van der Waals surface area (Å²) in [6.07, 6.45) is -0.975. The van der Waals surface area contributed by atoms with Crippen LogP contribution in [0.1, 0.15) is 41.5 Å². The van der Waals surface area contributed by atoms with Crippen molar-refractivity contribution in [3.63, 3.8) is 0 Å². The molecule has 0 aromatic rings. The summed E-state index contributed by atoms with van der Waals surface area (Å²) < 4.78 is 22.7. The predicted octanol–water partition coefficient (Wildman–Crippen LogP) is 1.13. The van der Waals surface area contributed by atoms with Gasteiger partial charge in [0.25, 0.3) is 0 Å². The van der Waals surface area contributed by atoms with Crippen molar-refractivity contribution in [2.24, 2.45) is 0 Å². The molecule has 156 valence electrons. The molecule has 2 heterocycles. The van der Waals surface area contributed by atoms with Gasteiger partial charge in [-0.1, -0.05) is 0 Å². The molecule has 2 aliphatic heterocycles. The van der Waals surface area contributed by atoms with Crippen molar-refractivity contribution in [2.45, 2.75) is 76.9 Å². The number of amides is 1.